The predicted molar refractivity (Wildman–Crippen MR) is 100 cm³/mol. The number of hydrogen-bond donors (Lipinski definition) is 3. The van der Waals surface area contributed by atoms with E-state index in [0.717, 1.165) is 24.8 Å². The zero-order chi connectivity index (χ0) is 18.4. The highest BCUT2D eigenvalue weighted by Crippen LogP contribution is 2.25. The van der Waals surface area contributed by atoms with Gasteiger partial charge in [0.2, 0.25) is 5.91 Å². The molecule has 1 aromatic carbocycles. The summed E-state index contributed by atoms with van der Waals surface area (Å²) < 4.78 is 0. The van der Waals surface area contributed by atoms with Crippen LogP contribution in [0.15, 0.2) is 48.8 Å². The summed E-state index contributed by atoms with van der Waals surface area (Å²) in [6.07, 6.45) is 6.87. The van der Waals surface area contributed by atoms with Crippen molar-refractivity contribution < 1.29 is 9.59 Å². The quantitative estimate of drug-likeness (QED) is 0.770. The molecule has 4 N–H and O–H groups in total. The highest BCUT2D eigenvalue weighted by molar-refractivity contribution is 6.04. The molecule has 1 saturated carbocycles. The van der Waals surface area contributed by atoms with Crippen molar-refractivity contribution in [2.24, 2.45) is 11.7 Å². The van der Waals surface area contributed by atoms with Crippen LogP contribution in [0.25, 0.3) is 0 Å². The van der Waals surface area contributed by atoms with Gasteiger partial charge in [-0.1, -0.05) is 24.6 Å². The summed E-state index contributed by atoms with van der Waals surface area (Å²) in [5.41, 5.74) is 7.87. The van der Waals surface area contributed by atoms with Crippen LogP contribution in [0, 0.1) is 5.92 Å². The second-order valence-corrected chi connectivity index (χ2v) is 6.70. The molecule has 0 bridgehead atoms. The van der Waals surface area contributed by atoms with Gasteiger partial charge in [0.05, 0.1) is 11.3 Å². The molecule has 26 heavy (non-hydrogen) atoms. The summed E-state index contributed by atoms with van der Waals surface area (Å²) in [7, 11) is 0. The fraction of sp³-hybridized carbons (Fsp3) is 0.350. The number of carbonyl (C=O) groups is 2. The number of nitrogens with one attached hydrogen (secondary N) is 2. The van der Waals surface area contributed by atoms with Crippen LogP contribution in [-0.4, -0.2) is 22.8 Å². The molecule has 0 aliphatic heterocycles. The predicted octanol–water partition coefficient (Wildman–Crippen LogP) is 2.47. The van der Waals surface area contributed by atoms with Crippen LogP contribution in [0.2, 0.25) is 0 Å². The zero-order valence-electron chi connectivity index (χ0n) is 14.7. The van der Waals surface area contributed by atoms with E-state index in [2.05, 4.69) is 15.6 Å². The monoisotopic (exact) mass is 352 g/mol. The number of para-hydroxylation sites is 1. The topological polar surface area (TPSA) is 97.1 Å². The number of anilines is 1. The van der Waals surface area contributed by atoms with Gasteiger partial charge in [0.1, 0.15) is 0 Å². The highest BCUT2D eigenvalue weighted by Gasteiger charge is 2.26. The standard InChI is InChI=1S/C20H24N4O2/c21-16-7-3-6-15(11-16)19(25)24-18-9-2-1-8-17(18)20(26)23-13-14-5-4-10-22-12-14/h1-2,4-5,8-10,12,15-16H,3,6-7,11,13,21H2,(H,23,26)(H,24,25). The Morgan fingerprint density at radius 2 is 2.00 bits per heavy atom. The molecule has 2 atom stereocenters. The number of nitrogens with zero attached hydrogens (tertiary/aromatic N) is 1. The zero-order valence-corrected chi connectivity index (χ0v) is 14.7. The third-order valence-corrected chi connectivity index (χ3v) is 4.69. The van der Waals surface area contributed by atoms with E-state index >= 15 is 0 Å². The Balaban J connectivity index is 1.65. The van der Waals surface area contributed by atoms with Crippen LogP contribution in [0.1, 0.15) is 41.6 Å². The van der Waals surface area contributed by atoms with E-state index in [4.69, 9.17) is 5.73 Å². The lowest BCUT2D eigenvalue weighted by Gasteiger charge is -2.26. The second-order valence-electron chi connectivity index (χ2n) is 6.70. The molecule has 1 heterocycles. The number of aromatic nitrogens is 1. The fourth-order valence-corrected chi connectivity index (χ4v) is 3.27. The third-order valence-electron chi connectivity index (χ3n) is 4.69. The maximum absolute atomic E-state index is 12.6. The molecule has 136 valence electrons. The van der Waals surface area contributed by atoms with Crippen molar-refractivity contribution in [1.29, 1.82) is 0 Å². The molecule has 0 spiro atoms. The number of hydrogen-bond acceptors (Lipinski definition) is 4. The largest absolute Gasteiger partial charge is 0.348 e. The summed E-state index contributed by atoms with van der Waals surface area (Å²) in [6.45, 7) is 0.381. The van der Waals surface area contributed by atoms with Crippen molar-refractivity contribution in [3.8, 4) is 0 Å². The molecule has 0 saturated heterocycles. The lowest BCUT2D eigenvalue weighted by molar-refractivity contribution is -0.120. The number of amides is 2. The van der Waals surface area contributed by atoms with Gasteiger partial charge in [0.25, 0.3) is 5.91 Å². The average molecular weight is 352 g/mol. The van der Waals surface area contributed by atoms with E-state index in [9.17, 15) is 9.59 Å². The maximum Gasteiger partial charge on any atom is 0.253 e. The van der Waals surface area contributed by atoms with Crippen molar-refractivity contribution in [3.63, 3.8) is 0 Å². The van der Waals surface area contributed by atoms with Crippen molar-refractivity contribution in [2.75, 3.05) is 5.32 Å². The van der Waals surface area contributed by atoms with E-state index in [-0.39, 0.29) is 23.8 Å². The number of nitrogens with two attached hydrogens (primary N) is 1. The smallest absolute Gasteiger partial charge is 0.253 e. The van der Waals surface area contributed by atoms with Gasteiger partial charge in [0, 0.05) is 30.9 Å². The van der Waals surface area contributed by atoms with Gasteiger partial charge in [-0.3, -0.25) is 14.6 Å². The fourth-order valence-electron chi connectivity index (χ4n) is 3.27. The summed E-state index contributed by atoms with van der Waals surface area (Å²) >= 11 is 0. The molecule has 6 heteroatoms. The first kappa shape index (κ1) is 18.1. The average Bonchev–Trinajstić information content (AvgIpc) is 2.67. The number of rotatable bonds is 5. The molecular formula is C20H24N4O2. The lowest BCUT2D eigenvalue weighted by Crippen LogP contribution is -2.34. The summed E-state index contributed by atoms with van der Waals surface area (Å²) in [6, 6.07) is 10.8. The van der Waals surface area contributed by atoms with Crippen LogP contribution in [0.4, 0.5) is 5.69 Å². The van der Waals surface area contributed by atoms with Crippen LogP contribution in [-0.2, 0) is 11.3 Å². The minimum absolute atomic E-state index is 0.0624. The highest BCUT2D eigenvalue weighted by atomic mass is 16.2. The molecule has 2 unspecified atom stereocenters. The second kappa shape index (κ2) is 8.58. The van der Waals surface area contributed by atoms with Gasteiger partial charge in [-0.25, -0.2) is 0 Å². The van der Waals surface area contributed by atoms with Crippen LogP contribution >= 0.6 is 0 Å². The van der Waals surface area contributed by atoms with Gasteiger partial charge in [0.15, 0.2) is 0 Å². The SMILES string of the molecule is NC1CCCC(C(=O)Nc2ccccc2C(=O)NCc2cccnc2)C1. The van der Waals surface area contributed by atoms with Crippen molar-refractivity contribution in [3.05, 3.63) is 59.9 Å². The van der Waals surface area contributed by atoms with Crippen molar-refractivity contribution >= 4 is 17.5 Å². The summed E-state index contributed by atoms with van der Waals surface area (Å²) in [5, 5.41) is 5.78. The normalized spacial score (nSPS) is 19.6. The van der Waals surface area contributed by atoms with E-state index in [1.807, 2.05) is 12.1 Å². The Morgan fingerprint density at radius 3 is 2.77 bits per heavy atom. The number of carbonyl (C=O) groups excluding carboxylic acids is 2. The minimum atomic E-state index is -0.231. The number of pyridine rings is 1. The first-order valence-electron chi connectivity index (χ1n) is 8.96. The van der Waals surface area contributed by atoms with E-state index < -0.39 is 0 Å². The van der Waals surface area contributed by atoms with Crippen LogP contribution < -0.4 is 16.4 Å². The van der Waals surface area contributed by atoms with Crippen molar-refractivity contribution in [2.45, 2.75) is 38.3 Å². The Labute approximate surface area is 153 Å². The molecule has 3 rings (SSSR count). The summed E-state index contributed by atoms with van der Waals surface area (Å²) in [4.78, 5) is 29.1. The van der Waals surface area contributed by atoms with Gasteiger partial charge in [-0.15, -0.1) is 0 Å². The molecule has 6 nitrogen and oxygen atoms in total. The van der Waals surface area contributed by atoms with Gasteiger partial charge < -0.3 is 16.4 Å². The van der Waals surface area contributed by atoms with Crippen LogP contribution in [0.5, 0.6) is 0 Å². The van der Waals surface area contributed by atoms with Gasteiger partial charge in [-0.2, -0.15) is 0 Å². The molecule has 1 aliphatic rings. The molecule has 2 amide bonds. The first-order chi connectivity index (χ1) is 12.6. The maximum atomic E-state index is 12.6. The van der Waals surface area contributed by atoms with E-state index in [1.165, 1.54) is 0 Å². The summed E-state index contributed by atoms with van der Waals surface area (Å²) in [5.74, 6) is -0.386. The molecule has 1 aromatic heterocycles. The number of benzene rings is 1. The molecular weight excluding hydrogens is 328 g/mol. The Morgan fingerprint density at radius 1 is 1.15 bits per heavy atom. The molecule has 2 aromatic rings. The van der Waals surface area contributed by atoms with Crippen molar-refractivity contribution in [1.82, 2.24) is 10.3 Å². The van der Waals surface area contributed by atoms with Crippen LogP contribution in [0.3, 0.4) is 0 Å². The Hall–Kier alpha value is -2.73. The molecule has 1 fully saturated rings. The first-order valence-corrected chi connectivity index (χ1v) is 8.96. The Bertz CT molecular complexity index is 763. The van der Waals surface area contributed by atoms with E-state index in [1.54, 1.807) is 36.7 Å². The minimum Gasteiger partial charge on any atom is -0.348 e. The van der Waals surface area contributed by atoms with Gasteiger partial charge in [-0.05, 0) is 43.0 Å². The Kier molecular flexibility index (Phi) is 5.96. The van der Waals surface area contributed by atoms with Gasteiger partial charge >= 0.3 is 0 Å². The van der Waals surface area contributed by atoms with E-state index in [0.29, 0.717) is 24.2 Å². The molecule has 1 aliphatic carbocycles. The third kappa shape index (κ3) is 4.67. The molecule has 0 radical (unpaired) electrons. The lowest BCUT2D eigenvalue weighted by atomic mass is 9.85.